The summed E-state index contributed by atoms with van der Waals surface area (Å²) >= 11 is 5.98. The summed E-state index contributed by atoms with van der Waals surface area (Å²) in [6, 6.07) is 1.49. The van der Waals surface area contributed by atoms with E-state index in [-0.39, 0.29) is 17.2 Å². The zero-order valence-corrected chi connectivity index (χ0v) is 12.2. The van der Waals surface area contributed by atoms with Crippen LogP contribution in [-0.4, -0.2) is 29.4 Å². The number of halogens is 1. The molecule has 0 spiro atoms. The lowest BCUT2D eigenvalue weighted by atomic mass is 9.85. The number of fused-ring (bicyclic) bond motifs is 1. The molecule has 1 heterocycles. The molecule has 0 radical (unpaired) electrons. The summed E-state index contributed by atoms with van der Waals surface area (Å²) in [6.45, 7) is 4.11. The summed E-state index contributed by atoms with van der Waals surface area (Å²) in [6.07, 6.45) is 0.815. The molecule has 1 aliphatic rings. The molecule has 0 saturated heterocycles. The SMILES string of the molecule is CC(C)(Cc1c(O)c(Cl)cc2c1OCCCO2)C(=O)O. The van der Waals surface area contributed by atoms with E-state index in [1.807, 2.05) is 0 Å². The van der Waals surface area contributed by atoms with Crippen molar-refractivity contribution < 1.29 is 24.5 Å². The van der Waals surface area contributed by atoms with Crippen molar-refractivity contribution in [3.05, 3.63) is 16.7 Å². The monoisotopic (exact) mass is 300 g/mol. The Morgan fingerprint density at radius 3 is 2.70 bits per heavy atom. The number of benzene rings is 1. The van der Waals surface area contributed by atoms with Crippen LogP contribution in [0.3, 0.4) is 0 Å². The van der Waals surface area contributed by atoms with Crippen molar-refractivity contribution in [2.24, 2.45) is 5.41 Å². The topological polar surface area (TPSA) is 76.0 Å². The average Bonchev–Trinajstić information content (AvgIpc) is 2.59. The Bertz CT molecular complexity index is 539. The Morgan fingerprint density at radius 1 is 1.40 bits per heavy atom. The van der Waals surface area contributed by atoms with Crippen molar-refractivity contribution in [2.75, 3.05) is 13.2 Å². The van der Waals surface area contributed by atoms with E-state index in [0.717, 1.165) is 6.42 Å². The first-order valence-corrected chi connectivity index (χ1v) is 6.74. The van der Waals surface area contributed by atoms with Gasteiger partial charge in [0.25, 0.3) is 0 Å². The molecule has 0 saturated carbocycles. The molecule has 0 atom stereocenters. The maximum absolute atomic E-state index is 11.3. The van der Waals surface area contributed by atoms with Gasteiger partial charge in [0.15, 0.2) is 11.5 Å². The number of hydrogen-bond acceptors (Lipinski definition) is 4. The first-order chi connectivity index (χ1) is 9.33. The highest BCUT2D eigenvalue weighted by Gasteiger charge is 2.32. The second-order valence-corrected chi connectivity index (χ2v) is 5.84. The van der Waals surface area contributed by atoms with Crippen molar-refractivity contribution >= 4 is 17.6 Å². The van der Waals surface area contributed by atoms with Gasteiger partial charge in [0.05, 0.1) is 23.7 Å². The molecule has 0 aromatic heterocycles. The number of hydrogen-bond donors (Lipinski definition) is 2. The molecule has 0 bridgehead atoms. The molecule has 0 unspecified atom stereocenters. The smallest absolute Gasteiger partial charge is 0.309 e. The van der Waals surface area contributed by atoms with Gasteiger partial charge in [0, 0.05) is 18.1 Å². The van der Waals surface area contributed by atoms with Gasteiger partial charge in [-0.15, -0.1) is 0 Å². The number of aliphatic carboxylic acids is 1. The predicted molar refractivity (Wildman–Crippen MR) is 73.8 cm³/mol. The molecule has 2 N–H and O–H groups in total. The third-order valence-corrected chi connectivity index (χ3v) is 3.55. The van der Waals surface area contributed by atoms with E-state index in [0.29, 0.717) is 30.3 Å². The zero-order valence-electron chi connectivity index (χ0n) is 11.4. The Morgan fingerprint density at radius 2 is 2.05 bits per heavy atom. The van der Waals surface area contributed by atoms with Crippen LogP contribution in [0.25, 0.3) is 0 Å². The largest absolute Gasteiger partial charge is 0.506 e. The molecule has 2 rings (SSSR count). The fourth-order valence-electron chi connectivity index (χ4n) is 2.01. The number of rotatable bonds is 3. The number of phenolic OH excluding ortho intramolecular Hbond substituents is 1. The van der Waals surface area contributed by atoms with Gasteiger partial charge in [-0.25, -0.2) is 0 Å². The quantitative estimate of drug-likeness (QED) is 0.897. The van der Waals surface area contributed by atoms with E-state index >= 15 is 0 Å². The molecular weight excluding hydrogens is 284 g/mol. The van der Waals surface area contributed by atoms with Gasteiger partial charge < -0.3 is 19.7 Å². The van der Waals surface area contributed by atoms with E-state index in [9.17, 15) is 15.0 Å². The third kappa shape index (κ3) is 2.77. The predicted octanol–water partition coefficient (Wildman–Crippen LogP) is 2.86. The second kappa shape index (κ2) is 5.40. The van der Waals surface area contributed by atoms with Crippen LogP contribution < -0.4 is 9.47 Å². The van der Waals surface area contributed by atoms with E-state index in [1.54, 1.807) is 13.8 Å². The molecule has 0 amide bonds. The van der Waals surface area contributed by atoms with Crippen molar-refractivity contribution in [1.82, 2.24) is 0 Å². The lowest BCUT2D eigenvalue weighted by Crippen LogP contribution is -2.26. The molecule has 6 heteroatoms. The van der Waals surface area contributed by atoms with E-state index in [1.165, 1.54) is 6.07 Å². The van der Waals surface area contributed by atoms with Crippen LogP contribution in [0.4, 0.5) is 0 Å². The highest BCUT2D eigenvalue weighted by Crippen LogP contribution is 2.45. The summed E-state index contributed by atoms with van der Waals surface area (Å²) in [5, 5.41) is 19.5. The van der Waals surface area contributed by atoms with Gasteiger partial charge in [-0.2, -0.15) is 0 Å². The number of carbonyl (C=O) groups is 1. The lowest BCUT2D eigenvalue weighted by molar-refractivity contribution is -0.146. The van der Waals surface area contributed by atoms with Crippen molar-refractivity contribution in [2.45, 2.75) is 26.7 Å². The van der Waals surface area contributed by atoms with Gasteiger partial charge in [-0.05, 0) is 20.3 Å². The van der Waals surface area contributed by atoms with E-state index in [4.69, 9.17) is 21.1 Å². The van der Waals surface area contributed by atoms with Gasteiger partial charge in [-0.3, -0.25) is 4.79 Å². The maximum atomic E-state index is 11.3. The second-order valence-electron chi connectivity index (χ2n) is 5.43. The van der Waals surface area contributed by atoms with Crippen molar-refractivity contribution in [1.29, 1.82) is 0 Å². The van der Waals surface area contributed by atoms with Crippen LogP contribution in [0.1, 0.15) is 25.8 Å². The molecule has 20 heavy (non-hydrogen) atoms. The Labute approximate surface area is 122 Å². The van der Waals surface area contributed by atoms with Crippen LogP contribution in [0.15, 0.2) is 6.07 Å². The first-order valence-electron chi connectivity index (χ1n) is 6.36. The summed E-state index contributed by atoms with van der Waals surface area (Å²) in [4.78, 5) is 11.3. The van der Waals surface area contributed by atoms with Gasteiger partial charge in [-0.1, -0.05) is 11.6 Å². The summed E-state index contributed by atoms with van der Waals surface area (Å²) in [7, 11) is 0. The fraction of sp³-hybridized carbons (Fsp3) is 0.500. The Kier molecular flexibility index (Phi) is 3.99. The number of aromatic hydroxyl groups is 1. The minimum atomic E-state index is -1.05. The minimum absolute atomic E-state index is 0.0976. The fourth-order valence-corrected chi connectivity index (χ4v) is 2.22. The molecule has 110 valence electrons. The molecule has 1 aromatic carbocycles. The number of carboxylic acid groups (broad SMARTS) is 1. The highest BCUT2D eigenvalue weighted by atomic mass is 35.5. The van der Waals surface area contributed by atoms with Crippen LogP contribution in [0, 0.1) is 5.41 Å². The lowest BCUT2D eigenvalue weighted by Gasteiger charge is -2.22. The molecular formula is C14H17ClO5. The number of ether oxygens (including phenoxy) is 2. The van der Waals surface area contributed by atoms with Gasteiger partial charge >= 0.3 is 5.97 Å². The Balaban J connectivity index is 2.50. The molecule has 1 aliphatic heterocycles. The van der Waals surface area contributed by atoms with Crippen LogP contribution in [-0.2, 0) is 11.2 Å². The highest BCUT2D eigenvalue weighted by molar-refractivity contribution is 6.32. The average molecular weight is 301 g/mol. The maximum Gasteiger partial charge on any atom is 0.309 e. The minimum Gasteiger partial charge on any atom is -0.506 e. The third-order valence-electron chi connectivity index (χ3n) is 3.26. The van der Waals surface area contributed by atoms with Gasteiger partial charge in [0.1, 0.15) is 5.75 Å². The molecule has 0 aliphatic carbocycles. The van der Waals surface area contributed by atoms with Crippen LogP contribution >= 0.6 is 11.6 Å². The molecule has 5 nitrogen and oxygen atoms in total. The Hall–Kier alpha value is -1.62. The van der Waals surface area contributed by atoms with E-state index < -0.39 is 11.4 Å². The molecule has 0 fully saturated rings. The molecule has 1 aromatic rings. The van der Waals surface area contributed by atoms with Gasteiger partial charge in [0.2, 0.25) is 0 Å². The number of phenols is 1. The zero-order chi connectivity index (χ0) is 14.9. The first kappa shape index (κ1) is 14.8. The van der Waals surface area contributed by atoms with Crippen LogP contribution in [0.2, 0.25) is 5.02 Å². The van der Waals surface area contributed by atoms with Crippen LogP contribution in [0.5, 0.6) is 17.2 Å². The summed E-state index contributed by atoms with van der Waals surface area (Å²) < 4.78 is 11.1. The summed E-state index contributed by atoms with van der Waals surface area (Å²) in [5.41, 5.74) is -0.673. The summed E-state index contributed by atoms with van der Waals surface area (Å²) in [5.74, 6) is -0.273. The number of carboxylic acids is 1. The normalized spacial score (nSPS) is 14.8. The van der Waals surface area contributed by atoms with Crippen molar-refractivity contribution in [3.63, 3.8) is 0 Å². The standard InChI is InChI=1S/C14H17ClO5/c1-14(2,13(17)18)7-8-11(16)9(15)6-10-12(8)20-5-3-4-19-10/h6,16H,3-5,7H2,1-2H3,(H,17,18). The van der Waals surface area contributed by atoms with E-state index in [2.05, 4.69) is 0 Å². The van der Waals surface area contributed by atoms with Crippen molar-refractivity contribution in [3.8, 4) is 17.2 Å².